The van der Waals surface area contributed by atoms with Gasteiger partial charge in [0.15, 0.2) is 0 Å². The van der Waals surface area contributed by atoms with Crippen LogP contribution >= 0.6 is 0 Å². The second kappa shape index (κ2) is 8.28. The molecule has 0 aliphatic heterocycles. The van der Waals surface area contributed by atoms with E-state index in [-0.39, 0.29) is 24.3 Å². The summed E-state index contributed by atoms with van der Waals surface area (Å²) in [5.41, 5.74) is 0.665. The lowest BCUT2D eigenvalue weighted by molar-refractivity contribution is -0.143. The van der Waals surface area contributed by atoms with Crippen LogP contribution in [0.2, 0.25) is 0 Å². The van der Waals surface area contributed by atoms with E-state index in [0.717, 1.165) is 0 Å². The number of hydrogen-bond donors (Lipinski definition) is 4. The molecule has 0 spiro atoms. The van der Waals surface area contributed by atoms with Crippen molar-refractivity contribution in [3.63, 3.8) is 0 Å². The molecule has 0 unspecified atom stereocenters. The molecule has 1 aromatic rings. The first-order chi connectivity index (χ1) is 10.7. The minimum atomic E-state index is -1.26. The van der Waals surface area contributed by atoms with Crippen molar-refractivity contribution in [2.24, 2.45) is 5.92 Å². The predicted molar refractivity (Wildman–Crippen MR) is 82.1 cm³/mol. The van der Waals surface area contributed by atoms with Crippen molar-refractivity contribution in [3.8, 4) is 0 Å². The SMILES string of the molecule is CC(C)C[C@H](O)C(=O)N[C@@H](Cc1ccc(C(=O)O)cc1)C(=O)O. The molecule has 0 radical (unpaired) electrons. The van der Waals surface area contributed by atoms with Gasteiger partial charge in [0.05, 0.1) is 5.56 Å². The summed E-state index contributed by atoms with van der Waals surface area (Å²) in [6, 6.07) is 4.53. The minimum Gasteiger partial charge on any atom is -0.480 e. The van der Waals surface area contributed by atoms with E-state index in [1.54, 1.807) is 0 Å². The summed E-state index contributed by atoms with van der Waals surface area (Å²) in [4.78, 5) is 33.9. The topological polar surface area (TPSA) is 124 Å². The first-order valence-corrected chi connectivity index (χ1v) is 7.24. The Morgan fingerprint density at radius 3 is 2.09 bits per heavy atom. The maximum atomic E-state index is 11.8. The van der Waals surface area contributed by atoms with Crippen LogP contribution in [0.3, 0.4) is 0 Å². The van der Waals surface area contributed by atoms with Crippen LogP contribution in [-0.2, 0) is 16.0 Å². The third-order valence-electron chi connectivity index (χ3n) is 3.25. The van der Waals surface area contributed by atoms with Gasteiger partial charge in [-0.3, -0.25) is 4.79 Å². The summed E-state index contributed by atoms with van der Waals surface area (Å²) in [6.45, 7) is 3.68. The normalized spacial score (nSPS) is 13.4. The summed E-state index contributed by atoms with van der Waals surface area (Å²) < 4.78 is 0. The number of aromatic carboxylic acids is 1. The number of carbonyl (C=O) groups excluding carboxylic acids is 1. The molecule has 0 fully saturated rings. The molecule has 7 heteroatoms. The van der Waals surface area contributed by atoms with Gasteiger partial charge >= 0.3 is 11.9 Å². The van der Waals surface area contributed by atoms with Gasteiger partial charge in [-0.15, -0.1) is 0 Å². The van der Waals surface area contributed by atoms with E-state index in [9.17, 15) is 24.6 Å². The zero-order valence-corrected chi connectivity index (χ0v) is 13.0. The molecule has 1 aromatic carbocycles. The average molecular weight is 323 g/mol. The molecule has 0 heterocycles. The van der Waals surface area contributed by atoms with Crippen molar-refractivity contribution in [2.75, 3.05) is 0 Å². The number of benzene rings is 1. The van der Waals surface area contributed by atoms with E-state index in [2.05, 4.69) is 5.32 Å². The monoisotopic (exact) mass is 323 g/mol. The van der Waals surface area contributed by atoms with Gasteiger partial charge in [-0.2, -0.15) is 0 Å². The molecule has 0 saturated heterocycles. The van der Waals surface area contributed by atoms with E-state index in [1.165, 1.54) is 24.3 Å². The highest BCUT2D eigenvalue weighted by atomic mass is 16.4. The van der Waals surface area contributed by atoms with Crippen molar-refractivity contribution < 1.29 is 29.7 Å². The Bertz CT molecular complexity index is 566. The molecule has 4 N–H and O–H groups in total. The lowest BCUT2D eigenvalue weighted by Gasteiger charge is -2.18. The van der Waals surface area contributed by atoms with Crippen molar-refractivity contribution in [1.82, 2.24) is 5.32 Å². The fourth-order valence-electron chi connectivity index (χ4n) is 2.04. The van der Waals surface area contributed by atoms with Crippen molar-refractivity contribution in [3.05, 3.63) is 35.4 Å². The van der Waals surface area contributed by atoms with Crippen molar-refractivity contribution >= 4 is 17.8 Å². The van der Waals surface area contributed by atoms with E-state index in [0.29, 0.717) is 5.56 Å². The van der Waals surface area contributed by atoms with Crippen LogP contribution in [0.5, 0.6) is 0 Å². The number of nitrogens with one attached hydrogen (secondary N) is 1. The van der Waals surface area contributed by atoms with Gasteiger partial charge in [0.1, 0.15) is 12.1 Å². The zero-order chi connectivity index (χ0) is 17.6. The maximum Gasteiger partial charge on any atom is 0.335 e. The summed E-state index contributed by atoms with van der Waals surface area (Å²) >= 11 is 0. The molecule has 126 valence electrons. The third kappa shape index (κ3) is 6.07. The lowest BCUT2D eigenvalue weighted by Crippen LogP contribution is -2.46. The molecule has 0 bridgehead atoms. The number of aliphatic hydroxyl groups excluding tert-OH is 1. The number of carboxylic acids is 2. The lowest BCUT2D eigenvalue weighted by atomic mass is 10.0. The number of rotatable bonds is 8. The van der Waals surface area contributed by atoms with Crippen LogP contribution in [-0.4, -0.2) is 45.3 Å². The first-order valence-electron chi connectivity index (χ1n) is 7.24. The molecule has 2 atom stereocenters. The summed E-state index contributed by atoms with van der Waals surface area (Å²) in [6.07, 6.45) is -1.02. The van der Waals surface area contributed by atoms with Gasteiger partial charge in [0.25, 0.3) is 0 Å². The van der Waals surface area contributed by atoms with E-state index in [1.807, 2.05) is 13.8 Å². The highest BCUT2D eigenvalue weighted by Crippen LogP contribution is 2.09. The fourth-order valence-corrected chi connectivity index (χ4v) is 2.04. The van der Waals surface area contributed by atoms with E-state index in [4.69, 9.17) is 5.11 Å². The Morgan fingerprint density at radius 1 is 1.09 bits per heavy atom. The standard InChI is InChI=1S/C16H21NO6/c1-9(2)7-13(18)14(19)17-12(16(22)23)8-10-3-5-11(6-4-10)15(20)21/h3-6,9,12-13,18H,7-8H2,1-2H3,(H,17,19)(H,20,21)(H,22,23)/t12-,13-/m0/s1. The molecule has 0 aliphatic carbocycles. The van der Waals surface area contributed by atoms with Crippen LogP contribution in [0.15, 0.2) is 24.3 Å². The first kappa shape index (κ1) is 18.6. The Labute approximate surface area is 133 Å². The Morgan fingerprint density at radius 2 is 1.65 bits per heavy atom. The van der Waals surface area contributed by atoms with Crippen LogP contribution in [0.25, 0.3) is 0 Å². The second-order valence-corrected chi connectivity index (χ2v) is 5.75. The summed E-state index contributed by atoms with van der Waals surface area (Å²) in [7, 11) is 0. The van der Waals surface area contributed by atoms with Gasteiger partial charge in [0, 0.05) is 6.42 Å². The molecule has 0 aliphatic rings. The predicted octanol–water partition coefficient (Wildman–Crippen LogP) is 0.904. The molecular formula is C16H21NO6. The van der Waals surface area contributed by atoms with Crippen LogP contribution in [0.1, 0.15) is 36.2 Å². The number of carbonyl (C=O) groups is 3. The summed E-state index contributed by atoms with van der Waals surface area (Å²) in [5.74, 6) is -2.93. The van der Waals surface area contributed by atoms with E-state index >= 15 is 0 Å². The number of carboxylic acid groups (broad SMARTS) is 2. The average Bonchev–Trinajstić information content (AvgIpc) is 2.46. The largest absolute Gasteiger partial charge is 0.480 e. The molecule has 7 nitrogen and oxygen atoms in total. The highest BCUT2D eigenvalue weighted by molar-refractivity contribution is 5.88. The van der Waals surface area contributed by atoms with Gasteiger partial charge in [-0.05, 0) is 30.0 Å². The maximum absolute atomic E-state index is 11.8. The number of amides is 1. The summed E-state index contributed by atoms with van der Waals surface area (Å²) in [5, 5.41) is 30.0. The number of aliphatic carboxylic acids is 1. The van der Waals surface area contributed by atoms with Crippen LogP contribution in [0.4, 0.5) is 0 Å². The Balaban J connectivity index is 2.73. The van der Waals surface area contributed by atoms with Crippen molar-refractivity contribution in [1.29, 1.82) is 0 Å². The quantitative estimate of drug-likeness (QED) is 0.563. The van der Waals surface area contributed by atoms with Crippen molar-refractivity contribution in [2.45, 2.75) is 38.8 Å². The van der Waals surface area contributed by atoms with Gasteiger partial charge in [-0.1, -0.05) is 26.0 Å². The number of hydrogen-bond acceptors (Lipinski definition) is 4. The molecule has 23 heavy (non-hydrogen) atoms. The van der Waals surface area contributed by atoms with Crippen LogP contribution in [0, 0.1) is 5.92 Å². The highest BCUT2D eigenvalue weighted by Gasteiger charge is 2.24. The molecular weight excluding hydrogens is 302 g/mol. The molecule has 0 aromatic heterocycles. The smallest absolute Gasteiger partial charge is 0.335 e. The third-order valence-corrected chi connectivity index (χ3v) is 3.25. The van der Waals surface area contributed by atoms with Crippen LogP contribution < -0.4 is 5.32 Å². The van der Waals surface area contributed by atoms with E-state index < -0.39 is 30.0 Å². The Hall–Kier alpha value is -2.41. The zero-order valence-electron chi connectivity index (χ0n) is 13.0. The minimum absolute atomic E-state index is 0.00459. The number of aliphatic hydroxyl groups is 1. The van der Waals surface area contributed by atoms with Gasteiger partial charge in [-0.25, -0.2) is 9.59 Å². The fraction of sp³-hybridized carbons (Fsp3) is 0.438. The Kier molecular flexibility index (Phi) is 6.71. The molecule has 1 amide bonds. The molecule has 1 rings (SSSR count). The second-order valence-electron chi connectivity index (χ2n) is 5.75. The molecule has 0 saturated carbocycles. The van der Waals surface area contributed by atoms with Gasteiger partial charge in [0.2, 0.25) is 5.91 Å². The van der Waals surface area contributed by atoms with Gasteiger partial charge < -0.3 is 20.6 Å².